The smallest absolute Gasteiger partial charge is 0.122 e. The second kappa shape index (κ2) is 8.61. The molecule has 0 aliphatic rings. The lowest BCUT2D eigenvalue weighted by molar-refractivity contribution is 0.142. The molecule has 2 heteroatoms. The number of thiol groups is 1. The van der Waals surface area contributed by atoms with Crippen LogP contribution in [0.3, 0.4) is 0 Å². The molecule has 1 aromatic rings. The van der Waals surface area contributed by atoms with Gasteiger partial charge in [0.15, 0.2) is 0 Å². The molecule has 0 radical (unpaired) electrons. The largest absolute Gasteiger partial charge is 0.493 e. The van der Waals surface area contributed by atoms with Crippen LogP contribution in [0.25, 0.3) is 0 Å². The van der Waals surface area contributed by atoms with Crippen LogP contribution in [-0.2, 0) is 0 Å². The van der Waals surface area contributed by atoms with Crippen molar-refractivity contribution < 1.29 is 4.74 Å². The zero-order valence-electron chi connectivity index (χ0n) is 13.5. The van der Waals surface area contributed by atoms with Crippen molar-refractivity contribution in [1.29, 1.82) is 0 Å². The predicted molar refractivity (Wildman–Crippen MR) is 92.1 cm³/mol. The Morgan fingerprint density at radius 2 is 1.70 bits per heavy atom. The molecular formula is C18H30OS. The molecular weight excluding hydrogens is 264 g/mol. The summed E-state index contributed by atoms with van der Waals surface area (Å²) in [7, 11) is 0. The van der Waals surface area contributed by atoms with Crippen LogP contribution < -0.4 is 4.74 Å². The number of ether oxygens (including phenoxy) is 1. The molecule has 1 nitrogen and oxygen atoms in total. The Morgan fingerprint density at radius 3 is 2.20 bits per heavy atom. The van der Waals surface area contributed by atoms with Gasteiger partial charge in [-0.3, -0.25) is 0 Å². The van der Waals surface area contributed by atoms with E-state index >= 15 is 0 Å². The van der Waals surface area contributed by atoms with Gasteiger partial charge in [0.05, 0.1) is 6.61 Å². The predicted octanol–water partition coefficient (Wildman–Crippen LogP) is 5.71. The third-order valence-electron chi connectivity index (χ3n) is 3.97. The highest BCUT2D eigenvalue weighted by Gasteiger charge is 2.28. The second-order valence-electron chi connectivity index (χ2n) is 6.14. The lowest BCUT2D eigenvalue weighted by Gasteiger charge is -2.32. The van der Waals surface area contributed by atoms with Crippen LogP contribution in [0, 0.1) is 5.41 Å². The zero-order chi connectivity index (χ0) is 15.0. The van der Waals surface area contributed by atoms with Crippen molar-refractivity contribution in [3.8, 4) is 5.75 Å². The summed E-state index contributed by atoms with van der Waals surface area (Å²) in [5.74, 6) is 2.44. The van der Waals surface area contributed by atoms with Gasteiger partial charge in [-0.05, 0) is 36.1 Å². The summed E-state index contributed by atoms with van der Waals surface area (Å²) < 4.78 is 6.21. The summed E-state index contributed by atoms with van der Waals surface area (Å²) >= 11 is 4.60. The lowest BCUT2D eigenvalue weighted by Crippen LogP contribution is -2.30. The van der Waals surface area contributed by atoms with Gasteiger partial charge in [0, 0.05) is 5.41 Å². The minimum absolute atomic E-state index is 0.219. The van der Waals surface area contributed by atoms with Gasteiger partial charge >= 0.3 is 0 Å². The molecule has 0 saturated carbocycles. The molecule has 0 atom stereocenters. The molecule has 0 unspecified atom stereocenters. The number of hydrogen-bond acceptors (Lipinski definition) is 2. The maximum atomic E-state index is 6.21. The van der Waals surface area contributed by atoms with Crippen molar-refractivity contribution in [3.63, 3.8) is 0 Å². The molecule has 1 aromatic carbocycles. The van der Waals surface area contributed by atoms with Crippen molar-refractivity contribution in [2.24, 2.45) is 5.41 Å². The van der Waals surface area contributed by atoms with E-state index in [9.17, 15) is 0 Å². The summed E-state index contributed by atoms with van der Waals surface area (Å²) in [6.07, 6.45) is 4.76. The third-order valence-corrected chi connectivity index (χ3v) is 4.64. The Balaban J connectivity index is 2.81. The summed E-state index contributed by atoms with van der Waals surface area (Å²) in [6.45, 7) is 9.70. The third kappa shape index (κ3) is 4.73. The standard InChI is InChI=1S/C18H30OS/c1-5-11-18(14-20,12-6-2)13-19-17-10-8-7-9-16(17)15(3)4/h7-10,15,20H,5-6,11-14H2,1-4H3. The van der Waals surface area contributed by atoms with E-state index in [0.717, 1.165) is 18.1 Å². The molecule has 114 valence electrons. The summed E-state index contributed by atoms with van der Waals surface area (Å²) in [4.78, 5) is 0. The van der Waals surface area contributed by atoms with Gasteiger partial charge in [-0.2, -0.15) is 12.6 Å². The van der Waals surface area contributed by atoms with Gasteiger partial charge in [-0.25, -0.2) is 0 Å². The first kappa shape index (κ1) is 17.4. The SMILES string of the molecule is CCCC(CS)(CCC)COc1ccccc1C(C)C. The van der Waals surface area contributed by atoms with E-state index in [1.807, 2.05) is 0 Å². The fourth-order valence-electron chi connectivity index (χ4n) is 2.85. The van der Waals surface area contributed by atoms with Gasteiger partial charge in [0.2, 0.25) is 0 Å². The van der Waals surface area contributed by atoms with Crippen LogP contribution in [0.2, 0.25) is 0 Å². The van der Waals surface area contributed by atoms with Crippen molar-refractivity contribution in [2.75, 3.05) is 12.4 Å². The van der Waals surface area contributed by atoms with Gasteiger partial charge < -0.3 is 4.74 Å². The van der Waals surface area contributed by atoms with Crippen LogP contribution >= 0.6 is 12.6 Å². The number of benzene rings is 1. The molecule has 0 N–H and O–H groups in total. The zero-order valence-corrected chi connectivity index (χ0v) is 14.4. The highest BCUT2D eigenvalue weighted by molar-refractivity contribution is 7.80. The first-order chi connectivity index (χ1) is 9.58. The summed E-state index contributed by atoms with van der Waals surface area (Å²) in [5, 5.41) is 0. The first-order valence-corrected chi connectivity index (χ1v) is 8.54. The monoisotopic (exact) mass is 294 g/mol. The van der Waals surface area contributed by atoms with Crippen LogP contribution in [0.5, 0.6) is 5.75 Å². The Labute approximate surface area is 130 Å². The molecule has 0 spiro atoms. The molecule has 0 aliphatic heterocycles. The highest BCUT2D eigenvalue weighted by Crippen LogP contribution is 2.34. The maximum absolute atomic E-state index is 6.21. The average molecular weight is 295 g/mol. The quantitative estimate of drug-likeness (QED) is 0.574. The molecule has 0 heterocycles. The molecule has 0 fully saturated rings. The molecule has 0 bridgehead atoms. The van der Waals surface area contributed by atoms with Crippen LogP contribution in [0.15, 0.2) is 24.3 Å². The van der Waals surface area contributed by atoms with Gasteiger partial charge in [0.1, 0.15) is 5.75 Å². The van der Waals surface area contributed by atoms with Crippen molar-refractivity contribution in [1.82, 2.24) is 0 Å². The molecule has 1 rings (SSSR count). The Morgan fingerprint density at radius 1 is 1.10 bits per heavy atom. The van der Waals surface area contributed by atoms with Crippen molar-refractivity contribution >= 4 is 12.6 Å². The van der Waals surface area contributed by atoms with Crippen LogP contribution in [0.4, 0.5) is 0 Å². The molecule has 0 aliphatic carbocycles. The Kier molecular flexibility index (Phi) is 7.50. The Hall–Kier alpha value is -0.630. The second-order valence-corrected chi connectivity index (χ2v) is 6.46. The topological polar surface area (TPSA) is 9.23 Å². The minimum Gasteiger partial charge on any atom is -0.493 e. The first-order valence-electron chi connectivity index (χ1n) is 7.91. The fraction of sp³-hybridized carbons (Fsp3) is 0.667. The lowest BCUT2D eigenvalue weighted by atomic mass is 9.82. The number of hydrogen-bond donors (Lipinski definition) is 1. The maximum Gasteiger partial charge on any atom is 0.122 e. The van der Waals surface area contributed by atoms with Gasteiger partial charge in [0.25, 0.3) is 0 Å². The number of rotatable bonds is 9. The normalized spacial score (nSPS) is 11.9. The van der Waals surface area contributed by atoms with E-state index in [1.165, 1.54) is 31.2 Å². The van der Waals surface area contributed by atoms with E-state index in [1.54, 1.807) is 0 Å². The summed E-state index contributed by atoms with van der Waals surface area (Å²) in [6, 6.07) is 8.41. The van der Waals surface area contributed by atoms with Crippen molar-refractivity contribution in [3.05, 3.63) is 29.8 Å². The Bertz CT molecular complexity index is 381. The van der Waals surface area contributed by atoms with Crippen molar-refractivity contribution in [2.45, 2.75) is 59.3 Å². The molecule has 0 saturated heterocycles. The highest BCUT2D eigenvalue weighted by atomic mass is 32.1. The van der Waals surface area contributed by atoms with Crippen LogP contribution in [0.1, 0.15) is 64.9 Å². The van der Waals surface area contributed by atoms with E-state index < -0.39 is 0 Å². The van der Waals surface area contributed by atoms with Crippen LogP contribution in [-0.4, -0.2) is 12.4 Å². The van der Waals surface area contributed by atoms with Gasteiger partial charge in [-0.1, -0.05) is 58.7 Å². The summed E-state index contributed by atoms with van der Waals surface area (Å²) in [5.41, 5.74) is 1.52. The van der Waals surface area contributed by atoms with E-state index in [2.05, 4.69) is 64.6 Å². The average Bonchev–Trinajstić information content (AvgIpc) is 2.45. The van der Waals surface area contributed by atoms with E-state index in [0.29, 0.717) is 5.92 Å². The fourth-order valence-corrected chi connectivity index (χ4v) is 3.26. The molecule has 0 amide bonds. The van der Waals surface area contributed by atoms with E-state index in [4.69, 9.17) is 4.74 Å². The minimum atomic E-state index is 0.219. The molecule has 20 heavy (non-hydrogen) atoms. The van der Waals surface area contributed by atoms with Gasteiger partial charge in [-0.15, -0.1) is 0 Å². The number of para-hydroxylation sites is 1. The van der Waals surface area contributed by atoms with E-state index in [-0.39, 0.29) is 5.41 Å². The molecule has 0 aromatic heterocycles.